The van der Waals surface area contributed by atoms with Crippen LogP contribution in [0.25, 0.3) is 0 Å². The van der Waals surface area contributed by atoms with E-state index in [2.05, 4.69) is 15.3 Å². The van der Waals surface area contributed by atoms with Crippen molar-refractivity contribution < 1.29 is 4.79 Å². The molecule has 2 heterocycles. The third kappa shape index (κ3) is 3.05. The van der Waals surface area contributed by atoms with Gasteiger partial charge in [0.25, 0.3) is 5.91 Å². The lowest BCUT2D eigenvalue weighted by Gasteiger charge is -2.10. The molecule has 0 spiro atoms. The summed E-state index contributed by atoms with van der Waals surface area (Å²) >= 11 is 7.34. The Morgan fingerprint density at radius 3 is 2.94 bits per heavy atom. The van der Waals surface area contributed by atoms with Gasteiger partial charge in [0.2, 0.25) is 0 Å². The average Bonchev–Trinajstić information content (AvgIpc) is 2.76. The summed E-state index contributed by atoms with van der Waals surface area (Å²) in [5, 5.41) is 6.17. The fourth-order valence-corrected chi connectivity index (χ4v) is 2.40. The second kappa shape index (κ2) is 5.46. The van der Waals surface area contributed by atoms with Crippen LogP contribution >= 0.6 is 22.9 Å². The van der Waals surface area contributed by atoms with Gasteiger partial charge in [-0.2, -0.15) is 0 Å². The van der Waals surface area contributed by atoms with E-state index in [1.807, 2.05) is 19.2 Å². The third-order valence-corrected chi connectivity index (χ3v) is 3.69. The Labute approximate surface area is 114 Å². The van der Waals surface area contributed by atoms with Crippen molar-refractivity contribution in [2.45, 2.75) is 19.9 Å². The van der Waals surface area contributed by atoms with Crippen molar-refractivity contribution in [3.63, 3.8) is 0 Å². The van der Waals surface area contributed by atoms with E-state index in [0.717, 1.165) is 10.7 Å². The molecule has 2 aromatic heterocycles. The van der Waals surface area contributed by atoms with Crippen LogP contribution in [0.3, 0.4) is 0 Å². The van der Waals surface area contributed by atoms with Gasteiger partial charge in [0, 0.05) is 22.3 Å². The van der Waals surface area contributed by atoms with Crippen LogP contribution in [0, 0.1) is 6.92 Å². The zero-order chi connectivity index (χ0) is 13.1. The van der Waals surface area contributed by atoms with Crippen LogP contribution in [0.1, 0.15) is 34.2 Å². The number of pyridine rings is 1. The molecule has 0 fully saturated rings. The smallest absolute Gasteiger partial charge is 0.270 e. The molecule has 2 rings (SSSR count). The summed E-state index contributed by atoms with van der Waals surface area (Å²) in [5.74, 6) is -0.252. The Bertz CT molecular complexity index is 570. The monoisotopic (exact) mass is 281 g/mol. The number of carbonyl (C=O) groups is 1. The van der Waals surface area contributed by atoms with E-state index in [1.165, 1.54) is 23.6 Å². The van der Waals surface area contributed by atoms with Gasteiger partial charge in [0.1, 0.15) is 10.7 Å². The first kappa shape index (κ1) is 13.0. The minimum atomic E-state index is -0.252. The number of thiazole rings is 1. The van der Waals surface area contributed by atoms with Crippen LogP contribution in [0.4, 0.5) is 0 Å². The quantitative estimate of drug-likeness (QED) is 0.941. The van der Waals surface area contributed by atoms with E-state index >= 15 is 0 Å². The predicted molar refractivity (Wildman–Crippen MR) is 72.0 cm³/mol. The van der Waals surface area contributed by atoms with Gasteiger partial charge in [0.05, 0.1) is 6.04 Å². The zero-order valence-corrected chi connectivity index (χ0v) is 11.5. The van der Waals surface area contributed by atoms with E-state index in [4.69, 9.17) is 11.6 Å². The molecule has 0 aliphatic rings. The molecule has 0 saturated heterocycles. The minimum Gasteiger partial charge on any atom is -0.342 e. The molecule has 0 radical (unpaired) electrons. The number of halogens is 1. The summed E-state index contributed by atoms with van der Waals surface area (Å²) in [6, 6.07) is 3.03. The summed E-state index contributed by atoms with van der Waals surface area (Å²) in [4.78, 5) is 20.2. The highest BCUT2D eigenvalue weighted by atomic mass is 35.5. The van der Waals surface area contributed by atoms with Gasteiger partial charge in [-0.3, -0.25) is 9.78 Å². The predicted octanol–water partition coefficient (Wildman–Crippen LogP) is 2.99. The topological polar surface area (TPSA) is 54.9 Å². The molecular formula is C12H12ClN3OS. The number of aryl methyl sites for hydroxylation is 1. The van der Waals surface area contributed by atoms with Crippen molar-refractivity contribution in [3.05, 3.63) is 45.1 Å². The number of aromatic nitrogens is 2. The molecule has 0 aliphatic heterocycles. The Kier molecular flexibility index (Phi) is 3.93. The van der Waals surface area contributed by atoms with Crippen molar-refractivity contribution >= 4 is 28.8 Å². The number of hydrogen-bond donors (Lipinski definition) is 1. The van der Waals surface area contributed by atoms with Crippen molar-refractivity contribution in [1.82, 2.24) is 15.3 Å². The molecule has 6 heteroatoms. The number of nitrogens with zero attached hydrogens (tertiary/aromatic N) is 2. The Morgan fingerprint density at radius 2 is 2.33 bits per heavy atom. The lowest BCUT2D eigenvalue weighted by molar-refractivity contribution is 0.0935. The second-order valence-corrected chi connectivity index (χ2v) is 5.21. The molecule has 94 valence electrons. The Hall–Kier alpha value is -1.46. The lowest BCUT2D eigenvalue weighted by Crippen LogP contribution is -2.27. The summed E-state index contributed by atoms with van der Waals surface area (Å²) in [6.45, 7) is 3.81. The summed E-state index contributed by atoms with van der Waals surface area (Å²) in [7, 11) is 0. The van der Waals surface area contributed by atoms with Crippen molar-refractivity contribution in [3.8, 4) is 0 Å². The van der Waals surface area contributed by atoms with Gasteiger partial charge in [-0.1, -0.05) is 11.6 Å². The molecule has 1 amide bonds. The van der Waals surface area contributed by atoms with Gasteiger partial charge in [-0.25, -0.2) is 4.98 Å². The van der Waals surface area contributed by atoms with Crippen LogP contribution in [0.15, 0.2) is 23.7 Å². The summed E-state index contributed by atoms with van der Waals surface area (Å²) < 4.78 is 0. The number of hydrogen-bond acceptors (Lipinski definition) is 4. The largest absolute Gasteiger partial charge is 0.342 e. The standard InChI is InChI=1S/C12H12ClN3OS/c1-7-6-18-12(15-7)8(2)16-11(17)10-5-9(13)3-4-14-10/h3-6,8H,1-2H3,(H,16,17). The number of carbonyl (C=O) groups excluding carboxylic acids is 1. The molecule has 4 nitrogen and oxygen atoms in total. The highest BCUT2D eigenvalue weighted by Crippen LogP contribution is 2.18. The molecule has 0 bridgehead atoms. The maximum atomic E-state index is 11.9. The molecule has 1 atom stereocenters. The molecule has 0 aromatic carbocycles. The normalized spacial score (nSPS) is 12.2. The SMILES string of the molecule is Cc1csc(C(C)NC(=O)c2cc(Cl)ccn2)n1. The molecule has 18 heavy (non-hydrogen) atoms. The van der Waals surface area contributed by atoms with Crippen LogP contribution in [-0.2, 0) is 0 Å². The molecule has 2 aromatic rings. The summed E-state index contributed by atoms with van der Waals surface area (Å²) in [5.41, 5.74) is 1.26. The van der Waals surface area contributed by atoms with Gasteiger partial charge in [0.15, 0.2) is 0 Å². The van der Waals surface area contributed by atoms with Crippen LogP contribution in [0.2, 0.25) is 5.02 Å². The van der Waals surface area contributed by atoms with Crippen molar-refractivity contribution in [2.24, 2.45) is 0 Å². The molecule has 0 aliphatic carbocycles. The van der Waals surface area contributed by atoms with E-state index in [-0.39, 0.29) is 11.9 Å². The first-order chi connectivity index (χ1) is 8.56. The third-order valence-electron chi connectivity index (χ3n) is 2.31. The van der Waals surface area contributed by atoms with Gasteiger partial charge >= 0.3 is 0 Å². The van der Waals surface area contributed by atoms with Gasteiger partial charge in [-0.15, -0.1) is 11.3 Å². The lowest BCUT2D eigenvalue weighted by atomic mass is 10.3. The fraction of sp³-hybridized carbons (Fsp3) is 0.250. The highest BCUT2D eigenvalue weighted by Gasteiger charge is 2.14. The summed E-state index contributed by atoms with van der Waals surface area (Å²) in [6.07, 6.45) is 1.51. The number of amides is 1. The molecule has 1 N–H and O–H groups in total. The molecule has 0 saturated carbocycles. The van der Waals surface area contributed by atoms with Crippen LogP contribution < -0.4 is 5.32 Å². The first-order valence-electron chi connectivity index (χ1n) is 5.40. The van der Waals surface area contributed by atoms with Crippen LogP contribution in [0.5, 0.6) is 0 Å². The van der Waals surface area contributed by atoms with E-state index < -0.39 is 0 Å². The van der Waals surface area contributed by atoms with Gasteiger partial charge in [-0.05, 0) is 26.0 Å². The fourth-order valence-electron chi connectivity index (χ4n) is 1.43. The maximum absolute atomic E-state index is 11.9. The van der Waals surface area contributed by atoms with E-state index in [1.54, 1.807) is 6.07 Å². The average molecular weight is 282 g/mol. The minimum absolute atomic E-state index is 0.142. The first-order valence-corrected chi connectivity index (χ1v) is 6.66. The number of rotatable bonds is 3. The van der Waals surface area contributed by atoms with Crippen LogP contribution in [-0.4, -0.2) is 15.9 Å². The Balaban J connectivity index is 2.08. The Morgan fingerprint density at radius 1 is 1.56 bits per heavy atom. The van der Waals surface area contributed by atoms with Gasteiger partial charge < -0.3 is 5.32 Å². The second-order valence-electron chi connectivity index (χ2n) is 3.88. The zero-order valence-electron chi connectivity index (χ0n) is 9.98. The number of nitrogens with one attached hydrogen (secondary N) is 1. The highest BCUT2D eigenvalue weighted by molar-refractivity contribution is 7.09. The van der Waals surface area contributed by atoms with Crippen molar-refractivity contribution in [1.29, 1.82) is 0 Å². The molecular weight excluding hydrogens is 270 g/mol. The van der Waals surface area contributed by atoms with E-state index in [9.17, 15) is 4.79 Å². The van der Waals surface area contributed by atoms with Crippen molar-refractivity contribution in [2.75, 3.05) is 0 Å². The molecule has 1 unspecified atom stereocenters. The maximum Gasteiger partial charge on any atom is 0.270 e. The van der Waals surface area contributed by atoms with E-state index in [0.29, 0.717) is 10.7 Å².